The quantitative estimate of drug-likeness (QED) is 0.370. The van der Waals surface area contributed by atoms with Crippen molar-refractivity contribution in [1.82, 2.24) is 19.1 Å². The van der Waals surface area contributed by atoms with E-state index in [-0.39, 0.29) is 22.5 Å². The van der Waals surface area contributed by atoms with Crippen LogP contribution in [0.3, 0.4) is 0 Å². The van der Waals surface area contributed by atoms with Crippen LogP contribution in [0.5, 0.6) is 5.88 Å². The van der Waals surface area contributed by atoms with Gasteiger partial charge in [0.1, 0.15) is 11.1 Å². The van der Waals surface area contributed by atoms with Gasteiger partial charge in [-0.15, -0.1) is 0 Å². The van der Waals surface area contributed by atoms with Crippen LogP contribution in [0.15, 0.2) is 41.3 Å². The number of pyridine rings is 1. The van der Waals surface area contributed by atoms with E-state index < -0.39 is 6.04 Å². The molecule has 1 aromatic carbocycles. The number of aromatic nitrogens is 4. The molecular weight excluding hydrogens is 527 g/mol. The van der Waals surface area contributed by atoms with Crippen LogP contribution in [0.1, 0.15) is 47.5 Å². The lowest BCUT2D eigenvalue weighted by atomic mass is 9.90. The van der Waals surface area contributed by atoms with E-state index in [0.29, 0.717) is 39.4 Å². The van der Waals surface area contributed by atoms with Gasteiger partial charge in [-0.1, -0.05) is 29.3 Å². The fourth-order valence-electron chi connectivity index (χ4n) is 5.63. The van der Waals surface area contributed by atoms with E-state index >= 15 is 0 Å². The summed E-state index contributed by atoms with van der Waals surface area (Å²) in [5.41, 5.74) is 5.30. The van der Waals surface area contributed by atoms with Crippen molar-refractivity contribution >= 4 is 40.7 Å². The number of carbonyl (C=O) groups is 1. The van der Waals surface area contributed by atoms with E-state index in [9.17, 15) is 9.59 Å². The van der Waals surface area contributed by atoms with E-state index in [1.54, 1.807) is 44.4 Å². The monoisotopic (exact) mass is 550 g/mol. The smallest absolute Gasteiger partial charge is 0.269 e. The molecule has 2 aliphatic rings. The number of methoxy groups -OCH3 is 1. The second-order valence-corrected chi connectivity index (χ2v) is 10.4. The van der Waals surface area contributed by atoms with Crippen molar-refractivity contribution in [3.05, 3.63) is 73.7 Å². The molecule has 1 amide bonds. The van der Waals surface area contributed by atoms with Crippen molar-refractivity contribution < 1.29 is 9.53 Å². The van der Waals surface area contributed by atoms with Gasteiger partial charge in [0, 0.05) is 36.9 Å². The molecule has 1 N–H and O–H groups in total. The molecule has 0 saturated carbocycles. The van der Waals surface area contributed by atoms with Gasteiger partial charge in [-0.3, -0.25) is 14.5 Å². The Kier molecular flexibility index (Phi) is 5.55. The molecule has 0 bridgehead atoms. The number of hydrogen-bond donors (Lipinski definition) is 1. The molecule has 194 valence electrons. The molecule has 4 aromatic rings. The van der Waals surface area contributed by atoms with Crippen LogP contribution in [-0.2, 0) is 7.05 Å². The Hall–Kier alpha value is -3.82. The number of rotatable bonds is 4. The van der Waals surface area contributed by atoms with E-state index in [1.807, 2.05) is 18.2 Å². The van der Waals surface area contributed by atoms with Crippen LogP contribution in [-0.4, -0.2) is 39.2 Å². The summed E-state index contributed by atoms with van der Waals surface area (Å²) in [6.45, 7) is 4.12. The zero-order valence-corrected chi connectivity index (χ0v) is 22.8. The lowest BCUT2D eigenvalue weighted by molar-refractivity contribution is 0.0993. The third kappa shape index (κ3) is 3.25. The summed E-state index contributed by atoms with van der Waals surface area (Å²) < 4.78 is 9.21. The number of amides is 1. The first-order valence-corrected chi connectivity index (χ1v) is 12.8. The summed E-state index contributed by atoms with van der Waals surface area (Å²) in [7, 11) is 4.94. The molecule has 0 spiro atoms. The first-order valence-electron chi connectivity index (χ1n) is 12.0. The SMILES string of the molecule is CNc1ncc(-c2cc3c(n2C(C)C)C2c4ccc(Cl)cc4-c4c(cc(Cl)c(=O)n4C)N2C3=O)c(OC)n1. The van der Waals surface area contributed by atoms with E-state index in [1.165, 1.54) is 4.57 Å². The summed E-state index contributed by atoms with van der Waals surface area (Å²) in [5.74, 6) is 0.642. The number of nitrogens with one attached hydrogen (secondary N) is 1. The van der Waals surface area contributed by atoms with Gasteiger partial charge in [-0.25, -0.2) is 4.98 Å². The van der Waals surface area contributed by atoms with Gasteiger partial charge in [0.2, 0.25) is 11.8 Å². The molecule has 0 fully saturated rings. The number of benzene rings is 1. The maximum absolute atomic E-state index is 14.1. The molecule has 38 heavy (non-hydrogen) atoms. The van der Waals surface area contributed by atoms with Crippen LogP contribution in [0.4, 0.5) is 11.6 Å². The van der Waals surface area contributed by atoms with Crippen LogP contribution in [0.25, 0.3) is 22.5 Å². The number of nitrogens with zero attached hydrogens (tertiary/aromatic N) is 5. The van der Waals surface area contributed by atoms with Crippen molar-refractivity contribution in [3.8, 4) is 28.4 Å². The normalized spacial score (nSPS) is 15.3. The second kappa shape index (κ2) is 8.61. The van der Waals surface area contributed by atoms with E-state index in [0.717, 1.165) is 22.5 Å². The second-order valence-electron chi connectivity index (χ2n) is 9.56. The number of ether oxygens (including phenoxy) is 1. The molecule has 5 heterocycles. The van der Waals surface area contributed by atoms with Gasteiger partial charge in [0.15, 0.2) is 0 Å². The Morgan fingerprint density at radius 2 is 1.84 bits per heavy atom. The van der Waals surface area contributed by atoms with Gasteiger partial charge in [-0.2, -0.15) is 4.98 Å². The highest BCUT2D eigenvalue weighted by Gasteiger charge is 2.48. The van der Waals surface area contributed by atoms with Crippen LogP contribution in [0.2, 0.25) is 10.0 Å². The van der Waals surface area contributed by atoms with Crippen LogP contribution < -0.4 is 20.5 Å². The molecule has 0 saturated heterocycles. The number of anilines is 2. The third-order valence-electron chi connectivity index (χ3n) is 7.18. The predicted molar refractivity (Wildman–Crippen MR) is 148 cm³/mol. The Balaban J connectivity index is 1.67. The average molecular weight is 551 g/mol. The van der Waals surface area contributed by atoms with Crippen molar-refractivity contribution in [2.45, 2.75) is 25.9 Å². The van der Waals surface area contributed by atoms with Crippen molar-refractivity contribution in [2.24, 2.45) is 7.05 Å². The minimum Gasteiger partial charge on any atom is -0.480 e. The molecule has 1 unspecified atom stereocenters. The summed E-state index contributed by atoms with van der Waals surface area (Å²) >= 11 is 12.8. The number of carbonyl (C=O) groups excluding carboxylic acids is 1. The molecule has 3 aromatic heterocycles. The molecular formula is C27H24Cl2N6O3. The molecule has 2 aliphatic heterocycles. The molecule has 0 aliphatic carbocycles. The fourth-order valence-corrected chi connectivity index (χ4v) is 6.04. The van der Waals surface area contributed by atoms with Gasteiger partial charge >= 0.3 is 0 Å². The van der Waals surface area contributed by atoms with Crippen LogP contribution >= 0.6 is 23.2 Å². The average Bonchev–Trinajstić information content (AvgIpc) is 3.42. The first kappa shape index (κ1) is 24.5. The maximum Gasteiger partial charge on any atom is 0.269 e. The summed E-state index contributed by atoms with van der Waals surface area (Å²) in [4.78, 5) is 37.5. The molecule has 1 atom stereocenters. The Bertz CT molecular complexity index is 1720. The Morgan fingerprint density at radius 3 is 2.53 bits per heavy atom. The summed E-state index contributed by atoms with van der Waals surface area (Å²) in [6.07, 6.45) is 1.70. The van der Waals surface area contributed by atoms with Gasteiger partial charge in [0.25, 0.3) is 11.5 Å². The van der Waals surface area contributed by atoms with Crippen molar-refractivity contribution in [1.29, 1.82) is 0 Å². The lowest BCUT2D eigenvalue weighted by Crippen LogP contribution is -2.36. The Morgan fingerprint density at radius 1 is 1.08 bits per heavy atom. The molecule has 6 rings (SSSR count). The largest absolute Gasteiger partial charge is 0.480 e. The first-order chi connectivity index (χ1) is 18.2. The number of fused-ring (bicyclic) bond motifs is 8. The zero-order valence-electron chi connectivity index (χ0n) is 21.3. The lowest BCUT2D eigenvalue weighted by Gasteiger charge is -2.36. The minimum absolute atomic E-state index is 0.0175. The third-order valence-corrected chi connectivity index (χ3v) is 7.69. The molecule has 9 nitrogen and oxygen atoms in total. The van der Waals surface area contributed by atoms with E-state index in [2.05, 4.69) is 33.7 Å². The topological polar surface area (TPSA) is 94.3 Å². The highest BCUT2D eigenvalue weighted by Crippen LogP contribution is 2.54. The molecule has 0 radical (unpaired) electrons. The minimum atomic E-state index is -0.453. The fraction of sp³-hybridized carbons (Fsp3) is 0.259. The summed E-state index contributed by atoms with van der Waals surface area (Å²) in [5, 5.41) is 3.49. The predicted octanol–water partition coefficient (Wildman–Crippen LogP) is 5.31. The summed E-state index contributed by atoms with van der Waals surface area (Å²) in [6, 6.07) is 8.53. The van der Waals surface area contributed by atoms with E-state index in [4.69, 9.17) is 27.9 Å². The maximum atomic E-state index is 14.1. The number of halogens is 2. The zero-order chi connectivity index (χ0) is 27.0. The van der Waals surface area contributed by atoms with Gasteiger partial charge in [-0.05, 0) is 43.7 Å². The molecule has 11 heteroatoms. The highest BCUT2D eigenvalue weighted by molar-refractivity contribution is 6.32. The standard InChI is InChI=1S/C27H24Cl2N6O3/c1-12(2)34-19(17-11-31-27(30-3)32-24(17)38-5)9-16-23(34)22-14-7-6-13(28)8-15(14)21-20(35(22)25(16)36)10-18(29)26(37)33(21)4/h6-12,22H,1-5H3,(H,30,31,32). The van der Waals surface area contributed by atoms with Gasteiger partial charge < -0.3 is 19.2 Å². The number of hydrogen-bond acceptors (Lipinski definition) is 6. The van der Waals surface area contributed by atoms with Crippen LogP contribution in [0, 0.1) is 0 Å². The van der Waals surface area contributed by atoms with Crippen molar-refractivity contribution in [2.75, 3.05) is 24.4 Å². The van der Waals surface area contributed by atoms with Gasteiger partial charge in [0.05, 0.1) is 41.0 Å². The highest BCUT2D eigenvalue weighted by atomic mass is 35.5. The Labute approximate surface area is 228 Å². The van der Waals surface area contributed by atoms with Crippen molar-refractivity contribution in [3.63, 3.8) is 0 Å².